The van der Waals surface area contributed by atoms with E-state index in [4.69, 9.17) is 5.73 Å². The van der Waals surface area contributed by atoms with Crippen LogP contribution >= 0.6 is 0 Å². The Bertz CT molecular complexity index is 813. The summed E-state index contributed by atoms with van der Waals surface area (Å²) in [6.07, 6.45) is 0. The van der Waals surface area contributed by atoms with E-state index in [1.807, 2.05) is 49.4 Å². The number of nitrogens with zero attached hydrogens (tertiary/aromatic N) is 1. The molecule has 0 saturated carbocycles. The number of pyridine rings is 1. The molecular formula is C17H15N3O. The van der Waals surface area contributed by atoms with Gasteiger partial charge in [0.25, 0.3) is 5.91 Å². The maximum absolute atomic E-state index is 12.1. The Morgan fingerprint density at radius 3 is 2.62 bits per heavy atom. The zero-order valence-corrected chi connectivity index (χ0v) is 11.6. The fraction of sp³-hybridized carbons (Fsp3) is 0.0588. The molecule has 2 aromatic carbocycles. The average Bonchev–Trinajstić information content (AvgIpc) is 2.48. The molecule has 1 heterocycles. The first-order chi connectivity index (χ1) is 10.1. The first-order valence-electron chi connectivity index (χ1n) is 6.67. The van der Waals surface area contributed by atoms with Crippen LogP contribution < -0.4 is 11.1 Å². The maximum atomic E-state index is 12.1. The Morgan fingerprint density at radius 1 is 1.10 bits per heavy atom. The van der Waals surface area contributed by atoms with Gasteiger partial charge in [0, 0.05) is 28.0 Å². The van der Waals surface area contributed by atoms with Crippen molar-refractivity contribution < 1.29 is 4.79 Å². The van der Waals surface area contributed by atoms with Crippen molar-refractivity contribution in [2.75, 3.05) is 11.1 Å². The number of nitrogen functional groups attached to an aromatic ring is 1. The summed E-state index contributed by atoms with van der Waals surface area (Å²) < 4.78 is 0. The number of aromatic nitrogens is 1. The fourth-order valence-corrected chi connectivity index (χ4v) is 2.26. The van der Waals surface area contributed by atoms with Crippen molar-refractivity contribution >= 4 is 28.2 Å². The molecule has 0 aliphatic carbocycles. The van der Waals surface area contributed by atoms with E-state index < -0.39 is 0 Å². The third-order valence-corrected chi connectivity index (χ3v) is 3.26. The lowest BCUT2D eigenvalue weighted by Gasteiger charge is -2.08. The molecule has 104 valence electrons. The predicted octanol–water partition coefficient (Wildman–Crippen LogP) is 3.38. The van der Waals surface area contributed by atoms with E-state index >= 15 is 0 Å². The van der Waals surface area contributed by atoms with E-state index in [-0.39, 0.29) is 5.91 Å². The number of nitrogens with two attached hydrogens (primary N) is 1. The van der Waals surface area contributed by atoms with E-state index in [0.717, 1.165) is 16.6 Å². The Kier molecular flexibility index (Phi) is 3.28. The molecule has 4 nitrogen and oxygen atoms in total. The lowest BCUT2D eigenvalue weighted by atomic mass is 10.1. The molecule has 0 atom stereocenters. The molecule has 0 spiro atoms. The van der Waals surface area contributed by atoms with E-state index in [0.29, 0.717) is 16.9 Å². The normalized spacial score (nSPS) is 10.5. The molecule has 0 bridgehead atoms. The van der Waals surface area contributed by atoms with Crippen LogP contribution in [0.2, 0.25) is 0 Å². The standard InChI is InChI=1S/C17H15N3O/c1-11-9-15(18)14-10-13(7-8-16(14)19-11)20-17(21)12-5-3-2-4-6-12/h2-10H,1H3,(H2,18,19)(H,20,21). The van der Waals surface area contributed by atoms with Gasteiger partial charge in [-0.15, -0.1) is 0 Å². The smallest absolute Gasteiger partial charge is 0.255 e. The number of hydrogen-bond donors (Lipinski definition) is 2. The van der Waals surface area contributed by atoms with E-state index in [2.05, 4.69) is 10.3 Å². The SMILES string of the molecule is Cc1cc(N)c2cc(NC(=O)c3ccccc3)ccc2n1. The summed E-state index contributed by atoms with van der Waals surface area (Å²) in [5.74, 6) is -0.145. The molecule has 3 rings (SSSR count). The second kappa shape index (κ2) is 5.25. The van der Waals surface area contributed by atoms with Crippen LogP contribution in [0.1, 0.15) is 16.1 Å². The van der Waals surface area contributed by atoms with Crippen LogP contribution in [0.5, 0.6) is 0 Å². The topological polar surface area (TPSA) is 68.0 Å². The highest BCUT2D eigenvalue weighted by Gasteiger charge is 2.07. The maximum Gasteiger partial charge on any atom is 0.255 e. The summed E-state index contributed by atoms with van der Waals surface area (Å²) >= 11 is 0. The molecule has 3 aromatic rings. The number of anilines is 2. The van der Waals surface area contributed by atoms with E-state index in [9.17, 15) is 4.79 Å². The second-order valence-electron chi connectivity index (χ2n) is 4.90. The summed E-state index contributed by atoms with van der Waals surface area (Å²) in [5, 5.41) is 3.71. The van der Waals surface area contributed by atoms with Gasteiger partial charge in [-0.2, -0.15) is 0 Å². The minimum atomic E-state index is -0.145. The molecule has 0 saturated heterocycles. The highest BCUT2D eigenvalue weighted by atomic mass is 16.1. The van der Waals surface area contributed by atoms with Crippen LogP contribution in [0.15, 0.2) is 54.6 Å². The summed E-state index contributed by atoms with van der Waals surface area (Å²) in [5.41, 5.74) is 9.70. The minimum absolute atomic E-state index is 0.145. The van der Waals surface area contributed by atoms with Crippen LogP contribution in [-0.4, -0.2) is 10.9 Å². The molecule has 21 heavy (non-hydrogen) atoms. The number of nitrogens with one attached hydrogen (secondary N) is 1. The molecule has 0 aliphatic rings. The van der Waals surface area contributed by atoms with Gasteiger partial charge in [-0.1, -0.05) is 18.2 Å². The van der Waals surface area contributed by atoms with Crippen molar-refractivity contribution in [1.82, 2.24) is 4.98 Å². The van der Waals surface area contributed by atoms with Gasteiger partial charge >= 0.3 is 0 Å². The molecule has 0 radical (unpaired) electrons. The van der Waals surface area contributed by atoms with Crippen molar-refractivity contribution in [1.29, 1.82) is 0 Å². The highest BCUT2D eigenvalue weighted by molar-refractivity contribution is 6.05. The number of aryl methyl sites for hydroxylation is 1. The molecule has 4 heteroatoms. The largest absolute Gasteiger partial charge is 0.398 e. The van der Waals surface area contributed by atoms with Crippen molar-refractivity contribution in [3.05, 3.63) is 65.9 Å². The van der Waals surface area contributed by atoms with Crippen molar-refractivity contribution in [2.45, 2.75) is 6.92 Å². The highest BCUT2D eigenvalue weighted by Crippen LogP contribution is 2.24. The molecule has 0 fully saturated rings. The van der Waals surface area contributed by atoms with E-state index in [1.165, 1.54) is 0 Å². The Hall–Kier alpha value is -2.88. The second-order valence-corrected chi connectivity index (χ2v) is 4.90. The first kappa shape index (κ1) is 13.1. The van der Waals surface area contributed by atoms with Gasteiger partial charge in [-0.05, 0) is 43.3 Å². The molecule has 1 aromatic heterocycles. The van der Waals surface area contributed by atoms with Gasteiger partial charge in [0.15, 0.2) is 0 Å². The molecule has 0 aliphatic heterocycles. The lowest BCUT2D eigenvalue weighted by Crippen LogP contribution is -2.11. The van der Waals surface area contributed by atoms with Crippen molar-refractivity contribution in [3.63, 3.8) is 0 Å². The van der Waals surface area contributed by atoms with Crippen LogP contribution in [0, 0.1) is 6.92 Å². The monoisotopic (exact) mass is 277 g/mol. The number of rotatable bonds is 2. The number of fused-ring (bicyclic) bond motifs is 1. The van der Waals surface area contributed by atoms with Crippen LogP contribution in [-0.2, 0) is 0 Å². The van der Waals surface area contributed by atoms with Gasteiger partial charge < -0.3 is 11.1 Å². The summed E-state index contributed by atoms with van der Waals surface area (Å²) in [4.78, 5) is 16.6. The molecule has 0 unspecified atom stereocenters. The fourth-order valence-electron chi connectivity index (χ4n) is 2.26. The van der Waals surface area contributed by atoms with Crippen molar-refractivity contribution in [2.24, 2.45) is 0 Å². The van der Waals surface area contributed by atoms with Crippen LogP contribution in [0.25, 0.3) is 10.9 Å². The Morgan fingerprint density at radius 2 is 1.86 bits per heavy atom. The van der Waals surface area contributed by atoms with Gasteiger partial charge in [-0.25, -0.2) is 0 Å². The molecule has 1 amide bonds. The van der Waals surface area contributed by atoms with Gasteiger partial charge in [0.1, 0.15) is 0 Å². The van der Waals surface area contributed by atoms with E-state index in [1.54, 1.807) is 12.1 Å². The summed E-state index contributed by atoms with van der Waals surface area (Å²) in [6, 6.07) is 16.4. The minimum Gasteiger partial charge on any atom is -0.398 e. The Balaban J connectivity index is 1.93. The zero-order valence-electron chi connectivity index (χ0n) is 11.6. The third-order valence-electron chi connectivity index (χ3n) is 3.26. The van der Waals surface area contributed by atoms with Gasteiger partial charge in [-0.3, -0.25) is 9.78 Å². The quantitative estimate of drug-likeness (QED) is 0.754. The number of hydrogen-bond acceptors (Lipinski definition) is 3. The molecular weight excluding hydrogens is 262 g/mol. The van der Waals surface area contributed by atoms with Crippen LogP contribution in [0.3, 0.4) is 0 Å². The van der Waals surface area contributed by atoms with Gasteiger partial charge in [0.2, 0.25) is 0 Å². The average molecular weight is 277 g/mol. The van der Waals surface area contributed by atoms with Gasteiger partial charge in [0.05, 0.1) is 5.52 Å². The zero-order chi connectivity index (χ0) is 14.8. The number of amides is 1. The number of carbonyl (C=O) groups is 1. The van der Waals surface area contributed by atoms with Crippen molar-refractivity contribution in [3.8, 4) is 0 Å². The number of carbonyl (C=O) groups excluding carboxylic acids is 1. The Labute approximate surface area is 122 Å². The van der Waals surface area contributed by atoms with Crippen LogP contribution in [0.4, 0.5) is 11.4 Å². The number of benzene rings is 2. The summed E-state index contributed by atoms with van der Waals surface area (Å²) in [7, 11) is 0. The first-order valence-corrected chi connectivity index (χ1v) is 6.67. The molecule has 3 N–H and O–H groups in total. The third kappa shape index (κ3) is 2.69. The lowest BCUT2D eigenvalue weighted by molar-refractivity contribution is 0.102. The predicted molar refractivity (Wildman–Crippen MR) is 85.3 cm³/mol. The summed E-state index contributed by atoms with van der Waals surface area (Å²) in [6.45, 7) is 1.90.